The van der Waals surface area contributed by atoms with Crippen LogP contribution < -0.4 is 11.1 Å². The summed E-state index contributed by atoms with van der Waals surface area (Å²) in [5.41, 5.74) is 4.57. The van der Waals surface area contributed by atoms with E-state index in [0.29, 0.717) is 48.3 Å². The number of carbonyl (C=O) groups is 3. The van der Waals surface area contributed by atoms with E-state index in [0.717, 1.165) is 44.6 Å². The molecular weight excluding hydrogens is 608 g/mol. The smallest absolute Gasteiger partial charge is 0.329 e. The first kappa shape index (κ1) is 34.6. The number of esters is 1. The molecule has 13 heteroatoms. The van der Waals surface area contributed by atoms with Gasteiger partial charge < -0.3 is 26.0 Å². The zero-order valence-electron chi connectivity index (χ0n) is 27.5. The molecule has 0 amide bonds. The molecule has 258 valence electrons. The van der Waals surface area contributed by atoms with Gasteiger partial charge in [0.1, 0.15) is 17.8 Å². The Bertz CT molecular complexity index is 1420. The van der Waals surface area contributed by atoms with Crippen LogP contribution in [-0.2, 0) is 19.1 Å². The van der Waals surface area contributed by atoms with Crippen molar-refractivity contribution in [3.05, 3.63) is 27.2 Å². The molecule has 0 spiro atoms. The maximum absolute atomic E-state index is 13.4. The predicted molar refractivity (Wildman–Crippen MR) is 174 cm³/mol. The van der Waals surface area contributed by atoms with E-state index in [-0.39, 0.29) is 29.0 Å². The Morgan fingerprint density at radius 2 is 1.77 bits per heavy atom. The van der Waals surface area contributed by atoms with Crippen LogP contribution in [0.5, 0.6) is 0 Å². The number of nitro benzene ring substituents is 1. The van der Waals surface area contributed by atoms with E-state index in [1.54, 1.807) is 0 Å². The van der Waals surface area contributed by atoms with Crippen LogP contribution in [0.1, 0.15) is 97.8 Å². The average molecular weight is 657 g/mol. The second kappa shape index (κ2) is 13.4. The molecule has 10 atom stereocenters. The molecule has 0 aliphatic heterocycles. The third-order valence-corrected chi connectivity index (χ3v) is 12.9. The van der Waals surface area contributed by atoms with Crippen LogP contribution in [0.15, 0.2) is 17.3 Å². The molecule has 5 N–H and O–H groups in total. The lowest BCUT2D eigenvalue weighted by atomic mass is 9.44. The molecular formula is C34H48N4O9. The number of anilines is 2. The van der Waals surface area contributed by atoms with Crippen molar-refractivity contribution in [2.45, 2.75) is 110 Å². The zero-order valence-corrected chi connectivity index (χ0v) is 27.5. The Kier molecular flexibility index (Phi) is 9.84. The number of carboxylic acids is 2. The van der Waals surface area contributed by atoms with Gasteiger partial charge in [-0.1, -0.05) is 20.8 Å². The molecule has 47 heavy (non-hydrogen) atoms. The number of nitrogen functional groups attached to an aromatic ring is 1. The first-order valence-corrected chi connectivity index (χ1v) is 17.0. The highest BCUT2D eigenvalue weighted by Gasteiger charge is 2.60. The predicted octanol–water partition coefficient (Wildman–Crippen LogP) is 6.90. The average Bonchev–Trinajstić information content (AvgIpc) is 3.36. The molecule has 13 nitrogen and oxygen atoms in total. The van der Waals surface area contributed by atoms with E-state index in [9.17, 15) is 39.6 Å². The summed E-state index contributed by atoms with van der Waals surface area (Å²) in [4.78, 5) is 58.3. The fourth-order valence-electron chi connectivity index (χ4n) is 10.6. The molecule has 5 rings (SSSR count). The summed E-state index contributed by atoms with van der Waals surface area (Å²) < 4.78 is 5.93. The number of nitrogens with two attached hydrogens (primary N) is 1. The minimum Gasteiger partial charge on any atom is -0.481 e. The molecule has 0 saturated heterocycles. The molecule has 4 aliphatic rings. The number of carbonyl (C=O) groups excluding carboxylic acids is 1. The Labute approximate surface area is 274 Å². The minimum atomic E-state index is -1.36. The van der Waals surface area contributed by atoms with Gasteiger partial charge in [0.2, 0.25) is 0 Å². The number of nitroso groups, excluding NO2 is 1. The Morgan fingerprint density at radius 3 is 2.43 bits per heavy atom. The summed E-state index contributed by atoms with van der Waals surface area (Å²) in [5.74, 6) is 0.448. The SMILES string of the molecule is C[C@H](CCC(=O)O)C1CC[C@H]2C3CC[C@@H]4CC(OC(=O)[C@H](CC(=O)O)Nc5ccc([N+](=O)[O-])c(N)c5N=O)CCC4(C)[C@H]3CCC12C. The third kappa shape index (κ3) is 6.54. The van der Waals surface area contributed by atoms with E-state index in [1.807, 2.05) is 0 Å². The van der Waals surface area contributed by atoms with E-state index >= 15 is 0 Å². The van der Waals surface area contributed by atoms with Crippen LogP contribution >= 0.6 is 0 Å². The molecule has 1 aromatic carbocycles. The lowest BCUT2D eigenvalue weighted by Crippen LogP contribution is -2.54. The van der Waals surface area contributed by atoms with Gasteiger partial charge >= 0.3 is 17.9 Å². The van der Waals surface area contributed by atoms with Gasteiger partial charge in [-0.2, -0.15) is 0 Å². The van der Waals surface area contributed by atoms with E-state index in [1.165, 1.54) is 18.9 Å². The first-order chi connectivity index (χ1) is 22.2. The monoisotopic (exact) mass is 656 g/mol. The summed E-state index contributed by atoms with van der Waals surface area (Å²) in [5, 5.41) is 35.5. The van der Waals surface area contributed by atoms with Gasteiger partial charge in [-0.3, -0.25) is 19.7 Å². The number of benzene rings is 1. The number of aliphatic carboxylic acids is 2. The van der Waals surface area contributed by atoms with Gasteiger partial charge in [0.25, 0.3) is 5.69 Å². The van der Waals surface area contributed by atoms with Crippen LogP contribution in [0, 0.1) is 61.4 Å². The molecule has 4 saturated carbocycles. The van der Waals surface area contributed by atoms with Gasteiger partial charge in [-0.15, -0.1) is 4.91 Å². The zero-order chi connectivity index (χ0) is 34.3. The van der Waals surface area contributed by atoms with Crippen LogP contribution in [0.3, 0.4) is 0 Å². The number of hydrogen-bond acceptors (Lipinski definition) is 10. The van der Waals surface area contributed by atoms with E-state index in [2.05, 4.69) is 31.3 Å². The van der Waals surface area contributed by atoms with Crippen molar-refractivity contribution in [2.75, 3.05) is 11.1 Å². The number of carboxylic acid groups (broad SMARTS) is 2. The lowest BCUT2D eigenvalue weighted by molar-refractivity contribution is -0.383. The van der Waals surface area contributed by atoms with E-state index < -0.39 is 52.4 Å². The molecule has 4 fully saturated rings. The standard InChI is InChI=1S/C34H48N4O9/c1-18(4-11-28(39)40)22-7-8-23-21-6-5-19-16-20(12-14-33(19,2)24(21)13-15-34(22,23)3)47-32(43)26(17-29(41)42)36-25-9-10-27(38(45)46)30(35)31(25)37-44/h9-10,18-24,26,36H,4-8,11-17,35H2,1-3H3,(H,39,40)(H,41,42)/t18-,19-,20?,21?,22?,23+,24+,26+,33?,34?/m1/s1. The summed E-state index contributed by atoms with van der Waals surface area (Å²) in [6, 6.07) is 0.881. The van der Waals surface area contributed by atoms with Gasteiger partial charge in [-0.25, -0.2) is 4.79 Å². The van der Waals surface area contributed by atoms with Gasteiger partial charge in [0.05, 0.1) is 17.0 Å². The maximum atomic E-state index is 13.4. The first-order valence-electron chi connectivity index (χ1n) is 17.0. The van der Waals surface area contributed by atoms with Crippen LogP contribution in [0.25, 0.3) is 0 Å². The fourth-order valence-corrected chi connectivity index (χ4v) is 10.6. The highest BCUT2D eigenvalue weighted by molar-refractivity contribution is 5.90. The third-order valence-electron chi connectivity index (χ3n) is 12.9. The van der Waals surface area contributed by atoms with Crippen molar-refractivity contribution >= 4 is 40.7 Å². The summed E-state index contributed by atoms with van der Waals surface area (Å²) >= 11 is 0. The Hall–Kier alpha value is -3.77. The number of fused-ring (bicyclic) bond motifs is 5. The molecule has 0 bridgehead atoms. The quantitative estimate of drug-likeness (QED) is 0.0597. The largest absolute Gasteiger partial charge is 0.481 e. The second-order valence-corrected chi connectivity index (χ2v) is 15.2. The summed E-state index contributed by atoms with van der Waals surface area (Å²) in [6.45, 7) is 7.12. The number of nitro groups is 1. The number of hydrogen-bond donors (Lipinski definition) is 4. The van der Waals surface area contributed by atoms with Crippen molar-refractivity contribution in [3.8, 4) is 0 Å². The van der Waals surface area contributed by atoms with Crippen molar-refractivity contribution in [1.29, 1.82) is 0 Å². The van der Waals surface area contributed by atoms with Crippen LogP contribution in [-0.4, -0.2) is 45.2 Å². The van der Waals surface area contributed by atoms with Crippen molar-refractivity contribution in [2.24, 2.45) is 51.5 Å². The van der Waals surface area contributed by atoms with Gasteiger partial charge in [0.15, 0.2) is 5.69 Å². The van der Waals surface area contributed by atoms with Crippen molar-refractivity contribution in [3.63, 3.8) is 0 Å². The van der Waals surface area contributed by atoms with Gasteiger partial charge in [0, 0.05) is 12.5 Å². The van der Waals surface area contributed by atoms with Crippen LogP contribution in [0.2, 0.25) is 0 Å². The number of nitrogens with zero attached hydrogens (tertiary/aromatic N) is 2. The number of rotatable bonds is 12. The molecule has 5 unspecified atom stereocenters. The highest BCUT2D eigenvalue weighted by atomic mass is 16.6. The molecule has 0 radical (unpaired) electrons. The Morgan fingerprint density at radius 1 is 1.06 bits per heavy atom. The summed E-state index contributed by atoms with van der Waals surface area (Å²) in [7, 11) is 0. The number of nitrogens with one attached hydrogen (secondary N) is 1. The normalized spacial score (nSPS) is 34.1. The molecule has 1 aromatic rings. The number of ether oxygens (including phenoxy) is 1. The van der Waals surface area contributed by atoms with Crippen LogP contribution in [0.4, 0.5) is 22.7 Å². The molecule has 0 aromatic heterocycles. The molecule has 0 heterocycles. The molecule has 4 aliphatic carbocycles. The van der Waals surface area contributed by atoms with Crippen molar-refractivity contribution < 1.29 is 34.3 Å². The Balaban J connectivity index is 1.24. The van der Waals surface area contributed by atoms with Gasteiger partial charge in [-0.05, 0) is 122 Å². The van der Waals surface area contributed by atoms with E-state index in [4.69, 9.17) is 10.5 Å². The highest BCUT2D eigenvalue weighted by Crippen LogP contribution is 2.68. The second-order valence-electron chi connectivity index (χ2n) is 15.2. The topological polar surface area (TPSA) is 212 Å². The van der Waals surface area contributed by atoms with Crippen molar-refractivity contribution in [1.82, 2.24) is 0 Å². The maximum Gasteiger partial charge on any atom is 0.329 e. The summed E-state index contributed by atoms with van der Waals surface area (Å²) in [6.07, 6.45) is 9.11. The lowest BCUT2D eigenvalue weighted by Gasteiger charge is -2.61. The minimum absolute atomic E-state index is 0.0874. The fraction of sp³-hybridized carbons (Fsp3) is 0.735.